The Balaban J connectivity index is 2.02. The van der Waals surface area contributed by atoms with E-state index >= 15 is 0 Å². The Labute approximate surface area is 150 Å². The van der Waals surface area contributed by atoms with Crippen LogP contribution in [-0.4, -0.2) is 22.0 Å². The van der Waals surface area contributed by atoms with Gasteiger partial charge in [-0.25, -0.2) is 14.4 Å². The van der Waals surface area contributed by atoms with Crippen molar-refractivity contribution in [1.29, 1.82) is 5.26 Å². The van der Waals surface area contributed by atoms with Gasteiger partial charge in [0.15, 0.2) is 0 Å². The third kappa shape index (κ3) is 3.15. The molecule has 1 aromatic heterocycles. The summed E-state index contributed by atoms with van der Waals surface area (Å²) in [6.45, 7) is 8.35. The topological polar surface area (TPSA) is 52.3 Å². The maximum absolute atomic E-state index is 13.9. The summed E-state index contributed by atoms with van der Waals surface area (Å²) >= 11 is 1.52. The molecule has 0 saturated carbocycles. The smallest absolute Gasteiger partial charge is 0.128 e. The fourth-order valence-corrected chi connectivity index (χ4v) is 3.53. The van der Waals surface area contributed by atoms with Gasteiger partial charge in [0.25, 0.3) is 0 Å². The van der Waals surface area contributed by atoms with E-state index in [2.05, 4.69) is 22.6 Å². The van der Waals surface area contributed by atoms with E-state index in [1.807, 2.05) is 13.8 Å². The van der Waals surface area contributed by atoms with Gasteiger partial charge >= 0.3 is 0 Å². The number of rotatable bonds is 4. The van der Waals surface area contributed by atoms with Crippen LogP contribution >= 0.6 is 11.8 Å². The molecule has 1 aromatic carbocycles. The van der Waals surface area contributed by atoms with Crippen molar-refractivity contribution in [1.82, 2.24) is 9.88 Å². The lowest BCUT2D eigenvalue weighted by Crippen LogP contribution is -2.23. The Kier molecular flexibility index (Phi) is 4.86. The minimum Gasteiger partial charge on any atom is -0.328 e. The molecule has 4 nitrogen and oxygen atoms in total. The number of hydrogen-bond acceptors (Lipinski definition) is 5. The maximum atomic E-state index is 13.9. The highest BCUT2D eigenvalue weighted by atomic mass is 32.2. The SMILES string of the molecule is C=C1c2c(C)nc(SCC)c(C#N)c2N=CN1Cc1ccccc1F. The largest absolute Gasteiger partial charge is 0.328 e. The lowest BCUT2D eigenvalue weighted by molar-refractivity contribution is 0.542. The molecule has 2 aromatic rings. The van der Waals surface area contributed by atoms with Gasteiger partial charge in [0, 0.05) is 16.8 Å². The molecule has 6 heteroatoms. The van der Waals surface area contributed by atoms with Crippen molar-refractivity contribution in [3.63, 3.8) is 0 Å². The maximum Gasteiger partial charge on any atom is 0.128 e. The molecule has 1 aliphatic heterocycles. The quantitative estimate of drug-likeness (QED) is 0.751. The normalized spacial score (nSPS) is 12.9. The van der Waals surface area contributed by atoms with Crippen LogP contribution in [0, 0.1) is 24.1 Å². The van der Waals surface area contributed by atoms with E-state index < -0.39 is 0 Å². The lowest BCUT2D eigenvalue weighted by atomic mass is 10.0. The molecule has 0 fully saturated rings. The van der Waals surface area contributed by atoms with Crippen molar-refractivity contribution in [3.8, 4) is 6.07 Å². The van der Waals surface area contributed by atoms with Gasteiger partial charge in [-0.15, -0.1) is 11.8 Å². The Morgan fingerprint density at radius 2 is 2.12 bits per heavy atom. The molecule has 0 radical (unpaired) electrons. The van der Waals surface area contributed by atoms with Crippen LogP contribution in [0.2, 0.25) is 0 Å². The second-order valence-electron chi connectivity index (χ2n) is 5.56. The number of benzene rings is 1. The number of aromatic nitrogens is 1. The highest BCUT2D eigenvalue weighted by molar-refractivity contribution is 7.99. The molecule has 0 spiro atoms. The van der Waals surface area contributed by atoms with E-state index in [-0.39, 0.29) is 5.82 Å². The molecule has 0 atom stereocenters. The summed E-state index contributed by atoms with van der Waals surface area (Å²) in [5.74, 6) is 0.556. The van der Waals surface area contributed by atoms with Gasteiger partial charge in [0.05, 0.1) is 24.3 Å². The first-order chi connectivity index (χ1) is 12.1. The van der Waals surface area contributed by atoms with Crippen molar-refractivity contribution in [3.05, 3.63) is 59.0 Å². The predicted molar refractivity (Wildman–Crippen MR) is 99.2 cm³/mol. The average molecular weight is 352 g/mol. The standard InChI is InChI=1S/C19H17FN4S/c1-4-25-19-15(9-21)18-17(12(2)23-19)13(3)24(11-22-18)10-14-7-5-6-8-16(14)20/h5-8,11H,3-4,10H2,1-2H3. The first-order valence-electron chi connectivity index (χ1n) is 7.87. The zero-order chi connectivity index (χ0) is 18.0. The summed E-state index contributed by atoms with van der Waals surface area (Å²) in [7, 11) is 0. The Hall–Kier alpha value is -2.65. The fraction of sp³-hybridized carbons (Fsp3) is 0.211. The average Bonchev–Trinajstić information content (AvgIpc) is 2.59. The van der Waals surface area contributed by atoms with Gasteiger partial charge < -0.3 is 4.90 Å². The number of aryl methyl sites for hydroxylation is 1. The molecule has 0 bridgehead atoms. The van der Waals surface area contributed by atoms with Gasteiger partial charge in [-0.3, -0.25) is 0 Å². The fourth-order valence-electron chi connectivity index (χ4n) is 2.77. The van der Waals surface area contributed by atoms with Crippen LogP contribution < -0.4 is 0 Å². The molecule has 0 amide bonds. The molecular formula is C19H17FN4S. The van der Waals surface area contributed by atoms with E-state index in [0.29, 0.717) is 34.1 Å². The molecule has 126 valence electrons. The number of halogens is 1. The zero-order valence-corrected chi connectivity index (χ0v) is 14.9. The van der Waals surface area contributed by atoms with Crippen LogP contribution in [0.15, 0.2) is 40.9 Å². The molecule has 1 aliphatic rings. The van der Waals surface area contributed by atoms with Crippen molar-refractivity contribution in [2.24, 2.45) is 4.99 Å². The minimum absolute atomic E-state index is 0.267. The van der Waals surface area contributed by atoms with Crippen LogP contribution in [0.4, 0.5) is 10.1 Å². The number of thioether (sulfide) groups is 1. The summed E-state index contributed by atoms with van der Waals surface area (Å²) in [5, 5.41) is 10.2. The highest BCUT2D eigenvalue weighted by Crippen LogP contribution is 2.39. The van der Waals surface area contributed by atoms with E-state index in [1.54, 1.807) is 29.4 Å². The molecule has 3 rings (SSSR count). The van der Waals surface area contributed by atoms with Crippen molar-refractivity contribution in [2.75, 3.05) is 5.75 Å². The van der Waals surface area contributed by atoms with Gasteiger partial charge in [-0.1, -0.05) is 31.7 Å². The number of pyridine rings is 1. The Morgan fingerprint density at radius 1 is 1.36 bits per heavy atom. The van der Waals surface area contributed by atoms with Crippen LogP contribution in [0.5, 0.6) is 0 Å². The zero-order valence-electron chi connectivity index (χ0n) is 14.1. The third-order valence-electron chi connectivity index (χ3n) is 3.97. The van der Waals surface area contributed by atoms with Gasteiger partial charge in [0.2, 0.25) is 0 Å². The molecule has 0 aliphatic carbocycles. The molecule has 2 heterocycles. The first kappa shape index (κ1) is 17.2. The van der Waals surface area contributed by atoms with Crippen molar-refractivity contribution in [2.45, 2.75) is 25.4 Å². The van der Waals surface area contributed by atoms with E-state index in [1.165, 1.54) is 17.8 Å². The number of nitrogens with zero attached hydrogens (tertiary/aromatic N) is 4. The van der Waals surface area contributed by atoms with Crippen molar-refractivity contribution < 1.29 is 4.39 Å². The predicted octanol–water partition coefficient (Wildman–Crippen LogP) is 4.66. The number of nitriles is 1. The number of fused-ring (bicyclic) bond motifs is 1. The summed E-state index contributed by atoms with van der Waals surface area (Å²) in [4.78, 5) is 10.8. The van der Waals surface area contributed by atoms with E-state index in [4.69, 9.17) is 0 Å². The molecule has 0 unspecified atom stereocenters. The van der Waals surface area contributed by atoms with Crippen LogP contribution in [-0.2, 0) is 6.54 Å². The van der Waals surface area contributed by atoms with E-state index in [0.717, 1.165) is 17.0 Å². The van der Waals surface area contributed by atoms with Crippen molar-refractivity contribution >= 4 is 29.5 Å². The monoisotopic (exact) mass is 352 g/mol. The second kappa shape index (κ2) is 7.08. The number of aliphatic imine (C=N–C) groups is 1. The van der Waals surface area contributed by atoms with Crippen LogP contribution in [0.3, 0.4) is 0 Å². The third-order valence-corrected chi connectivity index (χ3v) is 4.83. The Bertz CT molecular complexity index is 914. The summed E-state index contributed by atoms with van der Waals surface area (Å²) in [5.41, 5.74) is 3.81. The molecule has 0 saturated heterocycles. The Morgan fingerprint density at radius 3 is 2.80 bits per heavy atom. The van der Waals surface area contributed by atoms with Gasteiger partial charge in [0.1, 0.15) is 22.5 Å². The highest BCUT2D eigenvalue weighted by Gasteiger charge is 2.25. The molecular weight excluding hydrogens is 335 g/mol. The summed E-state index contributed by atoms with van der Waals surface area (Å²) in [6, 6.07) is 8.84. The van der Waals surface area contributed by atoms with E-state index in [9.17, 15) is 9.65 Å². The van der Waals surface area contributed by atoms with Crippen LogP contribution in [0.1, 0.15) is 29.3 Å². The molecule has 0 N–H and O–H groups in total. The first-order valence-corrected chi connectivity index (χ1v) is 8.86. The van der Waals surface area contributed by atoms with Gasteiger partial charge in [-0.05, 0) is 18.7 Å². The number of hydrogen-bond donors (Lipinski definition) is 0. The second-order valence-corrected chi connectivity index (χ2v) is 6.81. The van der Waals surface area contributed by atoms with Crippen LogP contribution in [0.25, 0.3) is 5.70 Å². The molecule has 25 heavy (non-hydrogen) atoms. The lowest BCUT2D eigenvalue weighted by Gasteiger charge is -2.28. The summed E-state index contributed by atoms with van der Waals surface area (Å²) < 4.78 is 13.9. The van der Waals surface area contributed by atoms with Gasteiger partial charge in [-0.2, -0.15) is 5.26 Å². The summed E-state index contributed by atoms with van der Waals surface area (Å²) in [6.07, 6.45) is 1.61. The minimum atomic E-state index is -0.267.